The highest BCUT2D eigenvalue weighted by Crippen LogP contribution is 2.31. The summed E-state index contributed by atoms with van der Waals surface area (Å²) >= 11 is 1.65. The number of thiophene rings is 1. The van der Waals surface area contributed by atoms with Crippen LogP contribution in [0.3, 0.4) is 0 Å². The number of fused-ring (bicyclic) bond motifs is 1. The normalized spacial score (nSPS) is 17.7. The number of nitrogens with one attached hydrogen (secondary N) is 2. The molecule has 4 rings (SSSR count). The van der Waals surface area contributed by atoms with Crippen LogP contribution in [-0.4, -0.2) is 32.2 Å². The Morgan fingerprint density at radius 2 is 2.32 bits per heavy atom. The number of piperidine rings is 1. The highest BCUT2D eigenvalue weighted by Gasteiger charge is 2.20. The molecule has 1 amide bonds. The van der Waals surface area contributed by atoms with Crippen LogP contribution < -0.4 is 10.6 Å². The zero-order valence-corrected chi connectivity index (χ0v) is 15.1. The van der Waals surface area contributed by atoms with Crippen LogP contribution in [0.1, 0.15) is 37.2 Å². The van der Waals surface area contributed by atoms with E-state index >= 15 is 0 Å². The molecule has 130 valence electrons. The van der Waals surface area contributed by atoms with E-state index in [2.05, 4.69) is 44.9 Å². The van der Waals surface area contributed by atoms with E-state index in [0.29, 0.717) is 13.0 Å². The Morgan fingerprint density at radius 3 is 3.08 bits per heavy atom. The Morgan fingerprint density at radius 1 is 1.44 bits per heavy atom. The maximum atomic E-state index is 11.3. The second kappa shape index (κ2) is 6.44. The van der Waals surface area contributed by atoms with Gasteiger partial charge in [0.2, 0.25) is 5.91 Å². The maximum absolute atomic E-state index is 11.3. The van der Waals surface area contributed by atoms with E-state index in [1.165, 1.54) is 5.56 Å². The zero-order valence-electron chi connectivity index (χ0n) is 14.2. The number of nitrogens with zero attached hydrogens (tertiary/aromatic N) is 4. The van der Waals surface area contributed by atoms with Gasteiger partial charge < -0.3 is 10.6 Å². The summed E-state index contributed by atoms with van der Waals surface area (Å²) in [5.41, 5.74) is 3.08. The molecule has 1 atom stereocenters. The summed E-state index contributed by atoms with van der Waals surface area (Å²) in [4.78, 5) is 20.6. The molecule has 1 unspecified atom stereocenters. The van der Waals surface area contributed by atoms with Crippen molar-refractivity contribution in [1.82, 2.24) is 25.1 Å². The molecule has 2 N–H and O–H groups in total. The van der Waals surface area contributed by atoms with E-state index < -0.39 is 0 Å². The molecule has 0 aromatic carbocycles. The minimum absolute atomic E-state index is 0.116. The summed E-state index contributed by atoms with van der Waals surface area (Å²) in [6.07, 6.45) is 5.93. The van der Waals surface area contributed by atoms with Gasteiger partial charge in [0.15, 0.2) is 5.82 Å². The van der Waals surface area contributed by atoms with Crippen LogP contribution in [0.25, 0.3) is 10.2 Å². The molecule has 1 saturated heterocycles. The first-order valence-electron chi connectivity index (χ1n) is 8.46. The fourth-order valence-electron chi connectivity index (χ4n) is 3.01. The van der Waals surface area contributed by atoms with Crippen molar-refractivity contribution in [3.05, 3.63) is 29.2 Å². The molecule has 0 spiro atoms. The molecule has 3 aromatic rings. The zero-order chi connectivity index (χ0) is 17.4. The van der Waals surface area contributed by atoms with Gasteiger partial charge in [-0.1, -0.05) is 6.92 Å². The first kappa shape index (κ1) is 16.0. The van der Waals surface area contributed by atoms with Crippen LogP contribution in [0, 0.1) is 6.92 Å². The molecule has 0 saturated carbocycles. The topological polar surface area (TPSA) is 84.7 Å². The number of rotatable bonds is 4. The molecule has 1 aliphatic rings. The summed E-state index contributed by atoms with van der Waals surface area (Å²) in [5, 5.41) is 12.8. The Balaban J connectivity index is 1.60. The third-order valence-electron chi connectivity index (χ3n) is 4.43. The van der Waals surface area contributed by atoms with Gasteiger partial charge in [-0.3, -0.25) is 9.48 Å². The van der Waals surface area contributed by atoms with Crippen LogP contribution in [0.2, 0.25) is 0 Å². The maximum Gasteiger partial charge on any atom is 0.220 e. The third-order valence-corrected chi connectivity index (χ3v) is 5.53. The monoisotopic (exact) mass is 356 g/mol. The van der Waals surface area contributed by atoms with Crippen molar-refractivity contribution in [3.63, 3.8) is 0 Å². The number of carbonyl (C=O) groups excluding carboxylic acids is 1. The molecule has 1 aliphatic heterocycles. The first-order chi connectivity index (χ1) is 12.1. The van der Waals surface area contributed by atoms with E-state index in [1.54, 1.807) is 17.5 Å². The van der Waals surface area contributed by atoms with Crippen molar-refractivity contribution in [2.24, 2.45) is 0 Å². The summed E-state index contributed by atoms with van der Waals surface area (Å²) in [6, 6.07) is 0.203. The van der Waals surface area contributed by atoms with Gasteiger partial charge >= 0.3 is 0 Å². The van der Waals surface area contributed by atoms with Crippen LogP contribution in [0.5, 0.6) is 0 Å². The number of amides is 1. The predicted octanol–water partition coefficient (Wildman–Crippen LogP) is 2.95. The average molecular weight is 356 g/mol. The van der Waals surface area contributed by atoms with E-state index in [4.69, 9.17) is 0 Å². The summed E-state index contributed by atoms with van der Waals surface area (Å²) < 4.78 is 2.98. The van der Waals surface area contributed by atoms with Gasteiger partial charge in [-0.2, -0.15) is 5.10 Å². The number of hydrogen-bond donors (Lipinski definition) is 2. The lowest BCUT2D eigenvalue weighted by Gasteiger charge is -2.22. The van der Waals surface area contributed by atoms with Crippen molar-refractivity contribution in [2.75, 3.05) is 11.9 Å². The molecular formula is C17H20N6OS. The lowest BCUT2D eigenvalue weighted by molar-refractivity contribution is -0.122. The van der Waals surface area contributed by atoms with Crippen molar-refractivity contribution < 1.29 is 4.79 Å². The number of carbonyl (C=O) groups is 1. The number of hydrogen-bond acceptors (Lipinski definition) is 6. The van der Waals surface area contributed by atoms with E-state index in [9.17, 15) is 4.79 Å². The van der Waals surface area contributed by atoms with Crippen LogP contribution >= 0.6 is 11.3 Å². The van der Waals surface area contributed by atoms with E-state index in [1.807, 2.05) is 10.9 Å². The van der Waals surface area contributed by atoms with Crippen molar-refractivity contribution in [3.8, 4) is 0 Å². The number of anilines is 2. The lowest BCUT2D eigenvalue weighted by Crippen LogP contribution is -2.36. The smallest absolute Gasteiger partial charge is 0.220 e. The van der Waals surface area contributed by atoms with Crippen molar-refractivity contribution in [2.45, 2.75) is 39.2 Å². The SMILES string of the molecule is CCc1nc(Nc2cnn(C3CCC(=O)NC3)c2)c2scc(C)c2n1. The minimum atomic E-state index is 0.116. The molecule has 25 heavy (non-hydrogen) atoms. The third kappa shape index (κ3) is 3.09. The summed E-state index contributed by atoms with van der Waals surface area (Å²) in [7, 11) is 0. The summed E-state index contributed by atoms with van der Waals surface area (Å²) in [6.45, 7) is 4.76. The van der Waals surface area contributed by atoms with Crippen LogP contribution in [0.4, 0.5) is 11.5 Å². The fraction of sp³-hybridized carbons (Fsp3) is 0.412. The number of aryl methyl sites for hydroxylation is 2. The van der Waals surface area contributed by atoms with Gasteiger partial charge in [0.25, 0.3) is 0 Å². The Bertz CT molecular complexity index is 921. The van der Waals surface area contributed by atoms with Crippen molar-refractivity contribution in [1.29, 1.82) is 0 Å². The Hall–Kier alpha value is -2.48. The molecule has 3 aromatic heterocycles. The second-order valence-electron chi connectivity index (χ2n) is 6.27. The lowest BCUT2D eigenvalue weighted by atomic mass is 10.1. The van der Waals surface area contributed by atoms with Gasteiger partial charge in [0.1, 0.15) is 5.82 Å². The van der Waals surface area contributed by atoms with E-state index in [0.717, 1.165) is 40.4 Å². The predicted molar refractivity (Wildman–Crippen MR) is 98.3 cm³/mol. The van der Waals surface area contributed by atoms with E-state index in [-0.39, 0.29) is 11.9 Å². The molecule has 0 radical (unpaired) electrons. The van der Waals surface area contributed by atoms with Gasteiger partial charge in [-0.25, -0.2) is 9.97 Å². The fourth-order valence-corrected chi connectivity index (χ4v) is 3.94. The molecule has 1 fully saturated rings. The molecule has 7 nitrogen and oxygen atoms in total. The van der Waals surface area contributed by atoms with Gasteiger partial charge in [-0.05, 0) is 24.3 Å². The highest BCUT2D eigenvalue weighted by atomic mass is 32.1. The largest absolute Gasteiger partial charge is 0.354 e. The molecule has 4 heterocycles. The Kier molecular flexibility index (Phi) is 4.12. The van der Waals surface area contributed by atoms with Gasteiger partial charge in [-0.15, -0.1) is 11.3 Å². The molecule has 0 aliphatic carbocycles. The molecular weight excluding hydrogens is 336 g/mol. The van der Waals surface area contributed by atoms with Gasteiger partial charge in [0.05, 0.1) is 28.1 Å². The number of aromatic nitrogens is 4. The summed E-state index contributed by atoms with van der Waals surface area (Å²) in [5.74, 6) is 1.78. The molecule has 0 bridgehead atoms. The Labute approximate surface area is 149 Å². The second-order valence-corrected chi connectivity index (χ2v) is 7.15. The van der Waals surface area contributed by atoms with Crippen LogP contribution in [-0.2, 0) is 11.2 Å². The average Bonchev–Trinajstić information content (AvgIpc) is 3.23. The minimum Gasteiger partial charge on any atom is -0.354 e. The molecule has 8 heteroatoms. The highest BCUT2D eigenvalue weighted by molar-refractivity contribution is 7.18. The standard InChI is InChI=1S/C17H20N6OS/c1-3-13-21-15-10(2)9-25-16(15)17(22-13)20-11-6-19-23(8-11)12-4-5-14(24)18-7-12/h6,8-9,12H,3-5,7H2,1-2H3,(H,18,24)(H,20,21,22). The van der Waals surface area contributed by atoms with Crippen molar-refractivity contribution >= 4 is 39.0 Å². The van der Waals surface area contributed by atoms with Crippen LogP contribution in [0.15, 0.2) is 17.8 Å². The van der Waals surface area contributed by atoms with Gasteiger partial charge in [0, 0.05) is 25.6 Å². The quantitative estimate of drug-likeness (QED) is 0.751. The first-order valence-corrected chi connectivity index (χ1v) is 9.34.